The first-order valence-corrected chi connectivity index (χ1v) is 6.62. The summed E-state index contributed by atoms with van der Waals surface area (Å²) in [6.45, 7) is 0.339. The molecule has 0 spiro atoms. The number of nitrogens with zero attached hydrogens (tertiary/aromatic N) is 1. The van der Waals surface area contributed by atoms with E-state index in [1.165, 1.54) is 4.90 Å². The van der Waals surface area contributed by atoms with Gasteiger partial charge in [0.2, 0.25) is 5.91 Å². The van der Waals surface area contributed by atoms with Gasteiger partial charge < -0.3 is 14.7 Å². The van der Waals surface area contributed by atoms with E-state index in [-0.39, 0.29) is 5.91 Å². The highest BCUT2D eigenvalue weighted by Crippen LogP contribution is 2.40. The molecule has 1 N–H and O–H groups in total. The van der Waals surface area contributed by atoms with Gasteiger partial charge in [0.1, 0.15) is 5.75 Å². The number of carboxylic acids is 1. The summed E-state index contributed by atoms with van der Waals surface area (Å²) in [5.74, 6) is -1.34. The van der Waals surface area contributed by atoms with Gasteiger partial charge >= 0.3 is 5.97 Å². The van der Waals surface area contributed by atoms with Crippen molar-refractivity contribution in [1.82, 2.24) is 4.90 Å². The molecule has 1 fully saturated rings. The van der Waals surface area contributed by atoms with E-state index in [1.807, 2.05) is 0 Å². The minimum absolute atomic E-state index is 0.153. The molecule has 1 aliphatic rings. The van der Waals surface area contributed by atoms with Gasteiger partial charge in [-0.2, -0.15) is 0 Å². The summed E-state index contributed by atoms with van der Waals surface area (Å²) in [7, 11) is 3.20. The standard InChI is InChI=1S/C14H16ClNO4/c1-16(13(17)10-6-11(10)14(18)19)7-8-5-9(15)3-4-12(8)20-2/h3-5,10-11H,6-7H2,1-2H3,(H,18,19)/t10-,11+/m0/s1. The number of ether oxygens (including phenoxy) is 1. The maximum Gasteiger partial charge on any atom is 0.307 e. The molecular formula is C14H16ClNO4. The third-order valence-electron chi connectivity index (χ3n) is 3.45. The molecule has 0 radical (unpaired) electrons. The molecule has 108 valence electrons. The third-order valence-corrected chi connectivity index (χ3v) is 3.69. The molecule has 20 heavy (non-hydrogen) atoms. The van der Waals surface area contributed by atoms with Gasteiger partial charge in [-0.15, -0.1) is 0 Å². The second-order valence-electron chi connectivity index (χ2n) is 4.94. The summed E-state index contributed by atoms with van der Waals surface area (Å²) in [5, 5.41) is 9.42. The number of methoxy groups -OCH3 is 1. The fourth-order valence-electron chi connectivity index (χ4n) is 2.23. The molecule has 1 saturated carbocycles. The first-order chi connectivity index (χ1) is 9.43. The first-order valence-electron chi connectivity index (χ1n) is 6.24. The van der Waals surface area contributed by atoms with E-state index < -0.39 is 17.8 Å². The smallest absolute Gasteiger partial charge is 0.307 e. The van der Waals surface area contributed by atoms with Crippen LogP contribution in [0.4, 0.5) is 0 Å². The summed E-state index contributed by atoms with van der Waals surface area (Å²) in [4.78, 5) is 24.4. The van der Waals surface area contributed by atoms with E-state index in [1.54, 1.807) is 32.4 Å². The maximum atomic E-state index is 12.1. The maximum absolute atomic E-state index is 12.1. The molecule has 0 unspecified atom stereocenters. The highest BCUT2D eigenvalue weighted by atomic mass is 35.5. The van der Waals surface area contributed by atoms with Crippen LogP contribution in [0.2, 0.25) is 5.02 Å². The third kappa shape index (κ3) is 3.04. The Morgan fingerprint density at radius 2 is 2.15 bits per heavy atom. The highest BCUT2D eigenvalue weighted by molar-refractivity contribution is 6.30. The van der Waals surface area contributed by atoms with Gasteiger partial charge in [-0.1, -0.05) is 11.6 Å². The van der Waals surface area contributed by atoms with Crippen LogP contribution in [-0.2, 0) is 16.1 Å². The van der Waals surface area contributed by atoms with Gasteiger partial charge in [-0.25, -0.2) is 0 Å². The van der Waals surface area contributed by atoms with Gasteiger partial charge in [0.15, 0.2) is 0 Å². The van der Waals surface area contributed by atoms with Gasteiger partial charge in [-0.3, -0.25) is 9.59 Å². The molecule has 0 bridgehead atoms. The molecule has 0 aromatic heterocycles. The topological polar surface area (TPSA) is 66.8 Å². The zero-order valence-corrected chi connectivity index (χ0v) is 12.1. The molecule has 2 rings (SSSR count). The van der Waals surface area contributed by atoms with Crippen molar-refractivity contribution in [3.63, 3.8) is 0 Å². The molecule has 2 atom stereocenters. The Hall–Kier alpha value is -1.75. The van der Waals surface area contributed by atoms with Gasteiger partial charge in [-0.05, 0) is 24.6 Å². The van der Waals surface area contributed by atoms with Crippen molar-refractivity contribution in [3.05, 3.63) is 28.8 Å². The van der Waals surface area contributed by atoms with Gasteiger partial charge in [0, 0.05) is 24.2 Å². The Balaban J connectivity index is 2.05. The molecule has 1 aliphatic carbocycles. The van der Waals surface area contributed by atoms with Crippen LogP contribution in [-0.4, -0.2) is 36.0 Å². The zero-order valence-electron chi connectivity index (χ0n) is 11.3. The van der Waals surface area contributed by atoms with Crippen LogP contribution in [0.1, 0.15) is 12.0 Å². The number of carbonyl (C=O) groups is 2. The Bertz CT molecular complexity index is 546. The predicted molar refractivity (Wildman–Crippen MR) is 73.7 cm³/mol. The van der Waals surface area contributed by atoms with Crippen LogP contribution >= 0.6 is 11.6 Å². The Morgan fingerprint density at radius 3 is 2.70 bits per heavy atom. The van der Waals surface area contributed by atoms with Crippen molar-refractivity contribution in [3.8, 4) is 5.75 Å². The lowest BCUT2D eigenvalue weighted by Gasteiger charge is -2.19. The predicted octanol–water partition coefficient (Wildman–Crippen LogP) is 2.03. The minimum atomic E-state index is -0.905. The summed E-state index contributed by atoms with van der Waals surface area (Å²) >= 11 is 5.94. The van der Waals surface area contributed by atoms with Crippen molar-refractivity contribution in [2.75, 3.05) is 14.2 Å². The van der Waals surface area contributed by atoms with Crippen molar-refractivity contribution in [1.29, 1.82) is 0 Å². The van der Waals surface area contributed by atoms with Crippen molar-refractivity contribution in [2.45, 2.75) is 13.0 Å². The summed E-state index contributed by atoms with van der Waals surface area (Å²) in [6, 6.07) is 5.20. The average molecular weight is 298 g/mol. The number of halogens is 1. The Kier molecular flexibility index (Phi) is 4.18. The second-order valence-corrected chi connectivity index (χ2v) is 5.37. The molecular weight excluding hydrogens is 282 g/mol. The number of hydrogen-bond donors (Lipinski definition) is 1. The molecule has 1 aromatic rings. The van der Waals surface area contributed by atoms with Crippen molar-refractivity contribution in [2.24, 2.45) is 11.8 Å². The number of carbonyl (C=O) groups excluding carboxylic acids is 1. The Morgan fingerprint density at radius 1 is 1.45 bits per heavy atom. The van der Waals surface area contributed by atoms with Crippen molar-refractivity contribution < 1.29 is 19.4 Å². The van der Waals surface area contributed by atoms with E-state index in [0.717, 1.165) is 5.56 Å². The highest BCUT2D eigenvalue weighted by Gasteiger charge is 2.49. The summed E-state index contributed by atoms with van der Waals surface area (Å²) < 4.78 is 5.23. The summed E-state index contributed by atoms with van der Waals surface area (Å²) in [5.41, 5.74) is 0.795. The Labute approximate surface area is 122 Å². The van der Waals surface area contributed by atoms with Crippen LogP contribution in [0.3, 0.4) is 0 Å². The molecule has 1 amide bonds. The fourth-order valence-corrected chi connectivity index (χ4v) is 2.42. The van der Waals surface area contributed by atoms with Crippen LogP contribution in [0.25, 0.3) is 0 Å². The first kappa shape index (κ1) is 14.7. The molecule has 0 aliphatic heterocycles. The zero-order chi connectivity index (χ0) is 14.9. The van der Waals surface area contributed by atoms with E-state index in [2.05, 4.69) is 0 Å². The van der Waals surface area contributed by atoms with E-state index in [9.17, 15) is 9.59 Å². The molecule has 0 heterocycles. The molecule has 6 heteroatoms. The minimum Gasteiger partial charge on any atom is -0.496 e. The molecule has 1 aromatic carbocycles. The van der Waals surface area contributed by atoms with Gasteiger partial charge in [0.05, 0.1) is 18.9 Å². The number of benzene rings is 1. The summed E-state index contributed by atoms with van der Waals surface area (Å²) in [6.07, 6.45) is 0.422. The largest absolute Gasteiger partial charge is 0.496 e. The number of amides is 1. The average Bonchev–Trinajstić information content (AvgIpc) is 3.18. The number of aliphatic carboxylic acids is 1. The second kappa shape index (κ2) is 5.71. The SMILES string of the molecule is COc1ccc(Cl)cc1CN(C)C(=O)[C@H]1C[C@H]1C(=O)O. The number of hydrogen-bond acceptors (Lipinski definition) is 3. The fraction of sp³-hybridized carbons (Fsp3) is 0.429. The van der Waals surface area contributed by atoms with Crippen LogP contribution in [0.15, 0.2) is 18.2 Å². The van der Waals surface area contributed by atoms with E-state index in [0.29, 0.717) is 23.7 Å². The lowest BCUT2D eigenvalue weighted by atomic mass is 10.1. The van der Waals surface area contributed by atoms with Crippen molar-refractivity contribution >= 4 is 23.5 Å². The number of rotatable bonds is 5. The lowest BCUT2D eigenvalue weighted by molar-refractivity contribution is -0.141. The van der Waals surface area contributed by atoms with Crippen LogP contribution < -0.4 is 4.74 Å². The number of carboxylic acid groups (broad SMARTS) is 1. The quantitative estimate of drug-likeness (QED) is 0.903. The van der Waals surface area contributed by atoms with E-state index in [4.69, 9.17) is 21.4 Å². The normalized spacial score (nSPS) is 20.4. The van der Waals surface area contributed by atoms with Gasteiger partial charge in [0.25, 0.3) is 0 Å². The molecule has 0 saturated heterocycles. The van der Waals surface area contributed by atoms with Crippen LogP contribution in [0, 0.1) is 11.8 Å². The van der Waals surface area contributed by atoms with E-state index >= 15 is 0 Å². The van der Waals surface area contributed by atoms with Crippen LogP contribution in [0.5, 0.6) is 5.75 Å². The molecule has 5 nitrogen and oxygen atoms in total. The monoisotopic (exact) mass is 297 g/mol. The lowest BCUT2D eigenvalue weighted by Crippen LogP contribution is -2.29.